The van der Waals surface area contributed by atoms with Crippen LogP contribution in [0.4, 0.5) is 5.69 Å². The third-order valence-corrected chi connectivity index (χ3v) is 6.73. The number of nitrogens with one attached hydrogen (secondary N) is 1. The zero-order chi connectivity index (χ0) is 20.1. The second-order valence-electron chi connectivity index (χ2n) is 7.48. The summed E-state index contributed by atoms with van der Waals surface area (Å²) in [6.45, 7) is 4.10. The van der Waals surface area contributed by atoms with Gasteiger partial charge in [0.1, 0.15) is 5.75 Å². The monoisotopic (exact) mass is 402 g/mol. The topological polar surface area (TPSA) is 58.6 Å². The highest BCUT2D eigenvalue weighted by atomic mass is 32.2. The van der Waals surface area contributed by atoms with E-state index in [9.17, 15) is 8.42 Å². The minimum atomic E-state index is -3.67. The molecule has 0 spiro atoms. The Bertz CT molecular complexity index is 908. The second-order valence-corrected chi connectivity index (χ2v) is 9.16. The normalized spacial score (nSPS) is 15.0. The molecule has 6 heteroatoms. The quantitative estimate of drug-likeness (QED) is 0.764. The Morgan fingerprint density at radius 1 is 1.07 bits per heavy atom. The fourth-order valence-electron chi connectivity index (χ4n) is 3.54. The van der Waals surface area contributed by atoms with Crippen LogP contribution in [0.2, 0.25) is 0 Å². The Kier molecular flexibility index (Phi) is 6.62. The molecule has 2 aromatic carbocycles. The Morgan fingerprint density at radius 3 is 2.32 bits per heavy atom. The molecule has 0 aromatic heterocycles. The van der Waals surface area contributed by atoms with Gasteiger partial charge < -0.3 is 9.64 Å². The molecule has 0 aliphatic carbocycles. The number of hydrogen-bond acceptors (Lipinski definition) is 4. The molecule has 0 fully saturated rings. The lowest BCUT2D eigenvalue weighted by Crippen LogP contribution is -2.20. The fraction of sp³-hybridized carbons (Fsp3) is 0.455. The van der Waals surface area contributed by atoms with Crippen molar-refractivity contribution in [1.82, 2.24) is 4.90 Å². The summed E-state index contributed by atoms with van der Waals surface area (Å²) in [5.41, 5.74) is 4.07. The van der Waals surface area contributed by atoms with E-state index in [0.717, 1.165) is 50.8 Å². The summed E-state index contributed by atoms with van der Waals surface area (Å²) in [5.74, 6) is 0.562. The Balaban J connectivity index is 1.85. The number of nitrogens with zero attached hydrogens (tertiary/aromatic N) is 1. The number of aryl methyl sites for hydroxylation is 1. The fourth-order valence-corrected chi connectivity index (χ4v) is 4.60. The maximum Gasteiger partial charge on any atom is 0.262 e. The van der Waals surface area contributed by atoms with Crippen molar-refractivity contribution in [1.29, 1.82) is 0 Å². The molecular weight excluding hydrogens is 372 g/mol. The highest BCUT2D eigenvalue weighted by Crippen LogP contribution is 2.32. The predicted octanol–water partition coefficient (Wildman–Crippen LogP) is 3.87. The zero-order valence-electron chi connectivity index (χ0n) is 17.0. The predicted molar refractivity (Wildman–Crippen MR) is 114 cm³/mol. The first kappa shape index (κ1) is 20.7. The standard InChI is InChI=1S/C22H30N2O3S/c1-4-5-6-17-7-9-20(10-8-17)28(25,26)23-21-15-18-11-13-24(2)14-12-19(18)16-22(21)27-3/h7-10,15-16,23H,4-6,11-14H2,1-3H3. The third kappa shape index (κ3) is 4.86. The third-order valence-electron chi connectivity index (χ3n) is 5.34. The van der Waals surface area contributed by atoms with Gasteiger partial charge in [-0.25, -0.2) is 8.42 Å². The lowest BCUT2D eigenvalue weighted by Gasteiger charge is -2.16. The first-order valence-electron chi connectivity index (χ1n) is 9.93. The lowest BCUT2D eigenvalue weighted by molar-refractivity contribution is 0.352. The van der Waals surface area contributed by atoms with E-state index in [1.165, 1.54) is 11.1 Å². The Hall–Kier alpha value is -2.05. The highest BCUT2D eigenvalue weighted by molar-refractivity contribution is 7.92. The average Bonchev–Trinajstić information content (AvgIpc) is 2.87. The molecule has 152 valence electrons. The molecule has 1 N–H and O–H groups in total. The largest absolute Gasteiger partial charge is 0.495 e. The number of fused-ring (bicyclic) bond motifs is 1. The van der Waals surface area contributed by atoms with Gasteiger partial charge in [-0.3, -0.25) is 4.72 Å². The van der Waals surface area contributed by atoms with Crippen molar-refractivity contribution in [3.63, 3.8) is 0 Å². The van der Waals surface area contributed by atoms with Crippen molar-refractivity contribution < 1.29 is 13.2 Å². The minimum Gasteiger partial charge on any atom is -0.495 e. The highest BCUT2D eigenvalue weighted by Gasteiger charge is 2.20. The summed E-state index contributed by atoms with van der Waals surface area (Å²) in [4.78, 5) is 2.56. The van der Waals surface area contributed by atoms with Crippen molar-refractivity contribution in [2.75, 3.05) is 32.0 Å². The van der Waals surface area contributed by atoms with Crippen molar-refractivity contribution >= 4 is 15.7 Å². The average molecular weight is 403 g/mol. The maximum atomic E-state index is 12.9. The van der Waals surface area contributed by atoms with Crippen LogP contribution in [0.3, 0.4) is 0 Å². The summed E-state index contributed by atoms with van der Waals surface area (Å²) in [6.07, 6.45) is 5.03. The molecule has 0 amide bonds. The molecule has 0 bridgehead atoms. The van der Waals surface area contributed by atoms with E-state index in [2.05, 4.69) is 23.6 Å². The summed E-state index contributed by atoms with van der Waals surface area (Å²) in [7, 11) is 0.0123. The van der Waals surface area contributed by atoms with E-state index >= 15 is 0 Å². The van der Waals surface area contributed by atoms with Gasteiger partial charge in [-0.2, -0.15) is 0 Å². The molecule has 1 aliphatic rings. The van der Waals surface area contributed by atoms with Crippen molar-refractivity contribution in [2.24, 2.45) is 0 Å². The van der Waals surface area contributed by atoms with E-state index in [-0.39, 0.29) is 4.90 Å². The van der Waals surface area contributed by atoms with Crippen molar-refractivity contribution in [3.8, 4) is 5.75 Å². The van der Waals surface area contributed by atoms with E-state index in [4.69, 9.17) is 4.74 Å². The number of benzene rings is 2. The molecule has 1 heterocycles. The molecule has 3 rings (SSSR count). The van der Waals surface area contributed by atoms with Crippen LogP contribution in [0.25, 0.3) is 0 Å². The number of unbranched alkanes of at least 4 members (excludes halogenated alkanes) is 1. The van der Waals surface area contributed by atoms with Gasteiger partial charge in [-0.05, 0) is 73.7 Å². The van der Waals surface area contributed by atoms with Gasteiger partial charge in [0, 0.05) is 13.1 Å². The molecule has 0 saturated heterocycles. The van der Waals surface area contributed by atoms with Gasteiger partial charge in [-0.15, -0.1) is 0 Å². The van der Waals surface area contributed by atoms with Crippen LogP contribution in [0.1, 0.15) is 36.5 Å². The molecule has 2 aromatic rings. The van der Waals surface area contributed by atoms with Gasteiger partial charge in [0.05, 0.1) is 17.7 Å². The Morgan fingerprint density at radius 2 is 1.71 bits per heavy atom. The molecule has 0 unspecified atom stereocenters. The van der Waals surface area contributed by atoms with Crippen LogP contribution in [0.15, 0.2) is 41.3 Å². The maximum absolute atomic E-state index is 12.9. The molecule has 0 saturated carbocycles. The number of ether oxygens (including phenoxy) is 1. The molecule has 5 nitrogen and oxygen atoms in total. The number of methoxy groups -OCH3 is 1. The summed E-state index contributed by atoms with van der Waals surface area (Å²) < 4.78 is 34.0. The number of hydrogen-bond donors (Lipinski definition) is 1. The first-order chi connectivity index (χ1) is 13.4. The van der Waals surface area contributed by atoms with E-state index in [1.807, 2.05) is 24.3 Å². The molecule has 1 aliphatic heterocycles. The van der Waals surface area contributed by atoms with Gasteiger partial charge in [0.2, 0.25) is 0 Å². The first-order valence-corrected chi connectivity index (χ1v) is 11.4. The van der Waals surface area contributed by atoms with Gasteiger partial charge in [0.15, 0.2) is 0 Å². The molecule has 0 atom stereocenters. The van der Waals surface area contributed by atoms with E-state index < -0.39 is 10.0 Å². The van der Waals surface area contributed by atoms with E-state index in [0.29, 0.717) is 11.4 Å². The smallest absolute Gasteiger partial charge is 0.262 e. The molecular formula is C22H30N2O3S. The Labute approximate surface area is 168 Å². The number of likely N-dealkylation sites (N-methyl/N-ethyl adjacent to an activating group) is 1. The van der Waals surface area contributed by atoms with Gasteiger partial charge in [0.25, 0.3) is 10.0 Å². The summed E-state index contributed by atoms with van der Waals surface area (Å²) in [6, 6.07) is 11.1. The van der Waals surface area contributed by atoms with Crippen molar-refractivity contribution in [2.45, 2.75) is 43.9 Å². The van der Waals surface area contributed by atoms with Crippen LogP contribution >= 0.6 is 0 Å². The molecule has 0 radical (unpaired) electrons. The second kappa shape index (κ2) is 8.97. The van der Waals surface area contributed by atoms with Crippen LogP contribution < -0.4 is 9.46 Å². The zero-order valence-corrected chi connectivity index (χ0v) is 17.8. The number of rotatable bonds is 7. The van der Waals surface area contributed by atoms with Gasteiger partial charge in [-0.1, -0.05) is 25.5 Å². The van der Waals surface area contributed by atoms with Crippen molar-refractivity contribution in [3.05, 3.63) is 53.1 Å². The number of sulfonamides is 1. The van der Waals surface area contributed by atoms with Crippen LogP contribution in [-0.2, 0) is 29.3 Å². The minimum absolute atomic E-state index is 0.268. The lowest BCUT2D eigenvalue weighted by atomic mass is 10.0. The SMILES string of the molecule is CCCCc1ccc(S(=O)(=O)Nc2cc3c(cc2OC)CCN(C)CC3)cc1. The van der Waals surface area contributed by atoms with E-state index in [1.54, 1.807) is 19.2 Å². The summed E-state index contributed by atoms with van der Waals surface area (Å²) >= 11 is 0. The number of anilines is 1. The van der Waals surface area contributed by atoms with Crippen LogP contribution in [0, 0.1) is 0 Å². The van der Waals surface area contributed by atoms with Crippen LogP contribution in [0.5, 0.6) is 5.75 Å². The van der Waals surface area contributed by atoms with Crippen LogP contribution in [-0.4, -0.2) is 40.6 Å². The molecule has 28 heavy (non-hydrogen) atoms. The van der Waals surface area contributed by atoms with Gasteiger partial charge >= 0.3 is 0 Å². The summed E-state index contributed by atoms with van der Waals surface area (Å²) in [5, 5.41) is 0.